The molecule has 2 rings (SSSR count). The van der Waals surface area contributed by atoms with Crippen LogP contribution in [0.15, 0.2) is 29.2 Å². The quantitative estimate of drug-likeness (QED) is 0.929. The highest BCUT2D eigenvalue weighted by Crippen LogP contribution is 2.17. The van der Waals surface area contributed by atoms with Crippen LogP contribution in [0, 0.1) is 0 Å². The van der Waals surface area contributed by atoms with Gasteiger partial charge in [-0.2, -0.15) is 0 Å². The van der Waals surface area contributed by atoms with E-state index in [-0.39, 0.29) is 12.1 Å². The van der Waals surface area contributed by atoms with E-state index >= 15 is 0 Å². The average Bonchev–Trinajstić information content (AvgIpc) is 2.75. The molecular formula is C16H24N2O3S. The lowest BCUT2D eigenvalue weighted by molar-refractivity contribution is 0.196. The molecule has 122 valence electrons. The molecule has 1 aromatic rings. The van der Waals surface area contributed by atoms with Crippen molar-refractivity contribution in [1.29, 1.82) is 0 Å². The molecule has 0 radical (unpaired) electrons. The molecule has 22 heavy (non-hydrogen) atoms. The van der Waals surface area contributed by atoms with Crippen molar-refractivity contribution in [3.8, 4) is 0 Å². The van der Waals surface area contributed by atoms with Gasteiger partial charge >= 0.3 is 6.03 Å². The Morgan fingerprint density at radius 3 is 2.14 bits per heavy atom. The third-order valence-corrected chi connectivity index (χ3v) is 5.17. The summed E-state index contributed by atoms with van der Waals surface area (Å²) < 4.78 is 22.9. The van der Waals surface area contributed by atoms with Crippen LogP contribution in [0.3, 0.4) is 0 Å². The third kappa shape index (κ3) is 4.47. The second-order valence-electron chi connectivity index (χ2n) is 5.91. The van der Waals surface area contributed by atoms with Crippen LogP contribution in [0.5, 0.6) is 0 Å². The normalized spacial score (nSPS) is 17.6. The number of hydrogen-bond acceptors (Lipinski definition) is 3. The van der Waals surface area contributed by atoms with E-state index in [1.165, 1.54) is 19.1 Å². The van der Waals surface area contributed by atoms with Crippen molar-refractivity contribution >= 4 is 15.9 Å². The average molecular weight is 324 g/mol. The Bertz CT molecular complexity index is 603. The van der Waals surface area contributed by atoms with Crippen molar-refractivity contribution in [2.45, 2.75) is 43.5 Å². The van der Waals surface area contributed by atoms with Gasteiger partial charge in [0.25, 0.3) is 0 Å². The summed E-state index contributed by atoms with van der Waals surface area (Å²) in [5, 5.41) is 2.99. The predicted octanol–water partition coefficient (Wildman–Crippen LogP) is 2.74. The molecule has 1 heterocycles. The minimum absolute atomic E-state index is 0.0402. The number of nitrogens with one attached hydrogen (secondary N) is 1. The maximum atomic E-state index is 12.3. The van der Waals surface area contributed by atoms with Gasteiger partial charge in [-0.3, -0.25) is 0 Å². The SMILES string of the molecule is C[C@H](NC(=O)N1CCCCCC1)c1ccc(S(C)(=O)=O)cc1. The standard InChI is InChI=1S/C16H24N2O3S/c1-13(14-7-9-15(10-8-14)22(2,20)21)17-16(19)18-11-5-3-4-6-12-18/h7-10,13H,3-6,11-12H2,1-2H3,(H,17,19)/t13-/m0/s1. The van der Waals surface area contributed by atoms with Crippen LogP contribution in [-0.4, -0.2) is 38.7 Å². The molecule has 5 nitrogen and oxygen atoms in total. The molecule has 0 spiro atoms. The largest absolute Gasteiger partial charge is 0.331 e. The van der Waals surface area contributed by atoms with E-state index in [4.69, 9.17) is 0 Å². The number of carbonyl (C=O) groups excluding carboxylic acids is 1. The van der Waals surface area contributed by atoms with Gasteiger partial charge in [0.1, 0.15) is 0 Å². The highest BCUT2D eigenvalue weighted by atomic mass is 32.2. The van der Waals surface area contributed by atoms with Gasteiger partial charge in [0, 0.05) is 19.3 Å². The number of benzene rings is 1. The minimum atomic E-state index is -3.19. The molecule has 1 atom stereocenters. The first kappa shape index (κ1) is 16.8. The fourth-order valence-corrected chi connectivity index (χ4v) is 3.27. The summed E-state index contributed by atoms with van der Waals surface area (Å²) >= 11 is 0. The van der Waals surface area contributed by atoms with E-state index in [1.807, 2.05) is 11.8 Å². The lowest BCUT2D eigenvalue weighted by Gasteiger charge is -2.24. The Balaban J connectivity index is 1.99. The number of nitrogens with zero attached hydrogens (tertiary/aromatic N) is 1. The second kappa shape index (κ2) is 7.13. The number of rotatable bonds is 3. The Morgan fingerprint density at radius 2 is 1.64 bits per heavy atom. The number of carbonyl (C=O) groups is 1. The van der Waals surface area contributed by atoms with Gasteiger partial charge in [-0.25, -0.2) is 13.2 Å². The summed E-state index contributed by atoms with van der Waals surface area (Å²) in [5.41, 5.74) is 0.899. The molecule has 0 aliphatic carbocycles. The monoisotopic (exact) mass is 324 g/mol. The van der Waals surface area contributed by atoms with Crippen LogP contribution >= 0.6 is 0 Å². The molecule has 0 bridgehead atoms. The van der Waals surface area contributed by atoms with E-state index in [1.54, 1.807) is 24.3 Å². The first-order valence-electron chi connectivity index (χ1n) is 7.73. The second-order valence-corrected chi connectivity index (χ2v) is 7.93. The van der Waals surface area contributed by atoms with Crippen molar-refractivity contribution < 1.29 is 13.2 Å². The first-order chi connectivity index (χ1) is 10.4. The topological polar surface area (TPSA) is 66.5 Å². The van der Waals surface area contributed by atoms with Gasteiger partial charge in [0.2, 0.25) is 0 Å². The highest BCUT2D eigenvalue weighted by Gasteiger charge is 2.18. The van der Waals surface area contributed by atoms with Gasteiger partial charge in [-0.15, -0.1) is 0 Å². The molecule has 0 aromatic heterocycles. The van der Waals surface area contributed by atoms with Crippen molar-refractivity contribution in [2.75, 3.05) is 19.3 Å². The van der Waals surface area contributed by atoms with Crippen molar-refractivity contribution in [3.05, 3.63) is 29.8 Å². The molecule has 1 saturated heterocycles. The van der Waals surface area contributed by atoms with Crippen LogP contribution in [0.4, 0.5) is 4.79 Å². The van der Waals surface area contributed by atoms with Crippen LogP contribution in [0.25, 0.3) is 0 Å². The zero-order valence-corrected chi connectivity index (χ0v) is 14.0. The van der Waals surface area contributed by atoms with Crippen LogP contribution < -0.4 is 5.32 Å². The van der Waals surface area contributed by atoms with Gasteiger partial charge in [0.15, 0.2) is 9.84 Å². The van der Waals surface area contributed by atoms with Crippen molar-refractivity contribution in [1.82, 2.24) is 10.2 Å². The van der Waals surface area contributed by atoms with E-state index < -0.39 is 9.84 Å². The molecule has 1 aliphatic heterocycles. The zero-order valence-electron chi connectivity index (χ0n) is 13.2. The summed E-state index contributed by atoms with van der Waals surface area (Å²) in [6.07, 6.45) is 5.68. The third-order valence-electron chi connectivity index (χ3n) is 4.04. The lowest BCUT2D eigenvalue weighted by Crippen LogP contribution is -2.41. The first-order valence-corrected chi connectivity index (χ1v) is 9.62. The number of urea groups is 1. The predicted molar refractivity (Wildman–Crippen MR) is 86.5 cm³/mol. The molecule has 1 N–H and O–H groups in total. The van der Waals surface area contributed by atoms with Gasteiger partial charge in [-0.05, 0) is 37.5 Å². The fourth-order valence-electron chi connectivity index (χ4n) is 2.64. The molecule has 0 unspecified atom stereocenters. The molecular weight excluding hydrogens is 300 g/mol. The molecule has 1 fully saturated rings. The number of likely N-dealkylation sites (tertiary alicyclic amines) is 1. The number of amides is 2. The number of hydrogen-bond donors (Lipinski definition) is 1. The van der Waals surface area contributed by atoms with E-state index in [9.17, 15) is 13.2 Å². The smallest absolute Gasteiger partial charge is 0.317 e. The van der Waals surface area contributed by atoms with E-state index in [0.717, 1.165) is 31.5 Å². The lowest BCUT2D eigenvalue weighted by atomic mass is 10.1. The van der Waals surface area contributed by atoms with E-state index in [2.05, 4.69) is 5.32 Å². The maximum Gasteiger partial charge on any atom is 0.317 e. The molecule has 1 aliphatic rings. The molecule has 0 saturated carbocycles. The molecule has 1 aromatic carbocycles. The van der Waals surface area contributed by atoms with E-state index in [0.29, 0.717) is 4.90 Å². The van der Waals surface area contributed by atoms with Crippen LogP contribution in [-0.2, 0) is 9.84 Å². The summed E-state index contributed by atoms with van der Waals surface area (Å²) in [4.78, 5) is 14.4. The summed E-state index contributed by atoms with van der Waals surface area (Å²) in [6.45, 7) is 3.53. The molecule has 6 heteroatoms. The summed E-state index contributed by atoms with van der Waals surface area (Å²) in [6, 6.07) is 6.48. The van der Waals surface area contributed by atoms with Crippen LogP contribution in [0.2, 0.25) is 0 Å². The Hall–Kier alpha value is -1.56. The minimum Gasteiger partial charge on any atom is -0.331 e. The fraction of sp³-hybridized carbons (Fsp3) is 0.562. The molecule has 2 amide bonds. The van der Waals surface area contributed by atoms with Gasteiger partial charge in [0.05, 0.1) is 10.9 Å². The number of sulfone groups is 1. The van der Waals surface area contributed by atoms with Crippen LogP contribution in [0.1, 0.15) is 44.2 Å². The summed E-state index contributed by atoms with van der Waals surface area (Å²) in [5.74, 6) is 0. The highest BCUT2D eigenvalue weighted by molar-refractivity contribution is 7.90. The Kier molecular flexibility index (Phi) is 5.45. The van der Waals surface area contributed by atoms with Gasteiger partial charge in [-0.1, -0.05) is 25.0 Å². The van der Waals surface area contributed by atoms with Crippen molar-refractivity contribution in [2.24, 2.45) is 0 Å². The van der Waals surface area contributed by atoms with Gasteiger partial charge < -0.3 is 10.2 Å². The van der Waals surface area contributed by atoms with Crippen molar-refractivity contribution in [3.63, 3.8) is 0 Å². The maximum absolute atomic E-state index is 12.3. The zero-order chi connectivity index (χ0) is 16.2. The summed E-state index contributed by atoms with van der Waals surface area (Å²) in [7, 11) is -3.19. The Morgan fingerprint density at radius 1 is 1.09 bits per heavy atom. The Labute approximate surface area is 132 Å².